The lowest BCUT2D eigenvalue weighted by atomic mass is 10.4. The first-order valence-electron chi connectivity index (χ1n) is 3.41. The molecule has 6 heteroatoms. The van der Waals surface area contributed by atoms with E-state index in [0.717, 1.165) is 0 Å². The average Bonchev–Trinajstić information content (AvgIpc) is 2.57. The van der Waals surface area contributed by atoms with Crippen LogP contribution in [0.4, 0.5) is 0 Å². The highest BCUT2D eigenvalue weighted by Gasteiger charge is 2.00. The number of nitrogens with one attached hydrogen (secondary N) is 1. The number of carbonyl (C=O) groups is 1. The Morgan fingerprint density at radius 1 is 1.75 bits per heavy atom. The third-order valence-corrected chi connectivity index (χ3v) is 1.70. The van der Waals surface area contributed by atoms with Gasteiger partial charge in [-0.1, -0.05) is 21.1 Å². The first-order chi connectivity index (χ1) is 5.83. The van der Waals surface area contributed by atoms with Crippen LogP contribution in [0.25, 0.3) is 0 Å². The van der Waals surface area contributed by atoms with Crippen molar-refractivity contribution in [3.8, 4) is 0 Å². The minimum absolute atomic E-state index is 0.0467. The Kier molecular flexibility index (Phi) is 3.72. The molecule has 0 fully saturated rings. The molecule has 0 atom stereocenters. The lowest BCUT2D eigenvalue weighted by Gasteiger charge is -1.98. The summed E-state index contributed by atoms with van der Waals surface area (Å²) in [6.45, 7) is 0.520. The van der Waals surface area contributed by atoms with Gasteiger partial charge in [-0.25, -0.2) is 0 Å². The standard InChI is InChI=1S/C6H8BrN3O2/c7-3-5(11)8-2-1-6-9-4-10-12-6/h4H,1-3H2,(H,8,11). The summed E-state index contributed by atoms with van der Waals surface area (Å²) < 4.78 is 4.72. The third kappa shape index (κ3) is 3.00. The minimum Gasteiger partial charge on any atom is -0.355 e. The Hall–Kier alpha value is -0.910. The Morgan fingerprint density at radius 3 is 3.17 bits per heavy atom. The lowest BCUT2D eigenvalue weighted by molar-refractivity contribution is -0.118. The van der Waals surface area contributed by atoms with Crippen LogP contribution in [0.15, 0.2) is 10.9 Å². The summed E-state index contributed by atoms with van der Waals surface area (Å²) in [4.78, 5) is 14.5. The molecule has 0 bridgehead atoms. The van der Waals surface area contributed by atoms with Gasteiger partial charge in [0.25, 0.3) is 0 Å². The van der Waals surface area contributed by atoms with Crippen LogP contribution in [0, 0.1) is 0 Å². The summed E-state index contributed by atoms with van der Waals surface area (Å²) in [6, 6.07) is 0. The van der Waals surface area contributed by atoms with Gasteiger partial charge in [-0.15, -0.1) is 0 Å². The largest absolute Gasteiger partial charge is 0.355 e. The highest BCUT2D eigenvalue weighted by Crippen LogP contribution is 1.90. The zero-order valence-electron chi connectivity index (χ0n) is 6.29. The maximum absolute atomic E-state index is 10.7. The van der Waals surface area contributed by atoms with E-state index in [-0.39, 0.29) is 5.91 Å². The van der Waals surface area contributed by atoms with E-state index in [1.165, 1.54) is 6.33 Å². The first kappa shape index (κ1) is 9.18. The van der Waals surface area contributed by atoms with Crippen molar-refractivity contribution in [2.24, 2.45) is 0 Å². The van der Waals surface area contributed by atoms with Gasteiger partial charge in [-0.2, -0.15) is 4.98 Å². The second kappa shape index (κ2) is 4.87. The summed E-state index contributed by atoms with van der Waals surface area (Å²) in [5.41, 5.74) is 0. The fraction of sp³-hybridized carbons (Fsp3) is 0.500. The molecule has 0 saturated carbocycles. The summed E-state index contributed by atoms with van der Waals surface area (Å²) >= 11 is 3.03. The zero-order chi connectivity index (χ0) is 8.81. The van der Waals surface area contributed by atoms with Crippen molar-refractivity contribution < 1.29 is 9.32 Å². The SMILES string of the molecule is O=C(CBr)NCCc1ncno1. The van der Waals surface area contributed by atoms with Gasteiger partial charge in [0.05, 0.1) is 5.33 Å². The average molecular weight is 234 g/mol. The van der Waals surface area contributed by atoms with E-state index in [2.05, 4.69) is 31.4 Å². The minimum atomic E-state index is -0.0467. The molecular formula is C6H8BrN3O2. The van der Waals surface area contributed by atoms with Gasteiger partial charge in [0.2, 0.25) is 11.8 Å². The Balaban J connectivity index is 2.15. The molecule has 1 amide bonds. The number of carbonyl (C=O) groups excluding carboxylic acids is 1. The second-order valence-corrected chi connectivity index (χ2v) is 2.63. The zero-order valence-corrected chi connectivity index (χ0v) is 7.87. The number of halogens is 1. The monoisotopic (exact) mass is 233 g/mol. The van der Waals surface area contributed by atoms with E-state index < -0.39 is 0 Å². The molecule has 0 aromatic carbocycles. The van der Waals surface area contributed by atoms with Crippen LogP contribution in [0.2, 0.25) is 0 Å². The van der Waals surface area contributed by atoms with E-state index in [1.54, 1.807) is 0 Å². The van der Waals surface area contributed by atoms with Gasteiger partial charge in [-0.05, 0) is 0 Å². The smallest absolute Gasteiger partial charge is 0.230 e. The molecule has 0 saturated heterocycles. The second-order valence-electron chi connectivity index (χ2n) is 2.07. The molecule has 66 valence electrons. The van der Waals surface area contributed by atoms with Gasteiger partial charge in [0, 0.05) is 13.0 Å². The van der Waals surface area contributed by atoms with Gasteiger partial charge < -0.3 is 9.84 Å². The highest BCUT2D eigenvalue weighted by atomic mass is 79.9. The molecule has 12 heavy (non-hydrogen) atoms. The van der Waals surface area contributed by atoms with Crippen LogP contribution in [0.5, 0.6) is 0 Å². The predicted octanol–water partition coefficient (Wildman–Crippen LogP) is 0.123. The third-order valence-electron chi connectivity index (χ3n) is 1.19. The van der Waals surface area contributed by atoms with E-state index in [0.29, 0.717) is 24.2 Å². The van der Waals surface area contributed by atoms with Crippen molar-refractivity contribution in [2.45, 2.75) is 6.42 Å². The fourth-order valence-electron chi connectivity index (χ4n) is 0.662. The molecule has 0 aliphatic carbocycles. The number of nitrogens with zero attached hydrogens (tertiary/aromatic N) is 2. The number of hydrogen-bond donors (Lipinski definition) is 1. The summed E-state index contributed by atoms with van der Waals surface area (Å²) in [6.07, 6.45) is 1.90. The Morgan fingerprint density at radius 2 is 2.58 bits per heavy atom. The van der Waals surface area contributed by atoms with Crippen LogP contribution in [-0.2, 0) is 11.2 Å². The van der Waals surface area contributed by atoms with Crippen LogP contribution >= 0.6 is 15.9 Å². The molecule has 1 N–H and O–H groups in total. The molecule has 1 rings (SSSR count). The molecule has 1 aromatic rings. The van der Waals surface area contributed by atoms with Crippen molar-refractivity contribution in [3.63, 3.8) is 0 Å². The van der Waals surface area contributed by atoms with E-state index in [4.69, 9.17) is 4.52 Å². The van der Waals surface area contributed by atoms with Gasteiger partial charge in [-0.3, -0.25) is 4.79 Å². The van der Waals surface area contributed by atoms with Gasteiger partial charge in [0.15, 0.2) is 6.33 Å². The lowest BCUT2D eigenvalue weighted by Crippen LogP contribution is -2.26. The maximum atomic E-state index is 10.7. The van der Waals surface area contributed by atoms with Gasteiger partial charge >= 0.3 is 0 Å². The van der Waals surface area contributed by atoms with E-state index >= 15 is 0 Å². The van der Waals surface area contributed by atoms with Gasteiger partial charge in [0.1, 0.15) is 0 Å². The molecule has 0 aliphatic heterocycles. The number of amides is 1. The molecular weight excluding hydrogens is 226 g/mol. The fourth-order valence-corrected chi connectivity index (χ4v) is 0.860. The molecule has 0 radical (unpaired) electrons. The molecule has 0 spiro atoms. The molecule has 5 nitrogen and oxygen atoms in total. The van der Waals surface area contributed by atoms with Crippen molar-refractivity contribution in [2.75, 3.05) is 11.9 Å². The topological polar surface area (TPSA) is 68.0 Å². The quantitative estimate of drug-likeness (QED) is 0.751. The number of rotatable bonds is 4. The molecule has 0 aliphatic rings. The molecule has 1 heterocycles. The molecule has 1 aromatic heterocycles. The summed E-state index contributed by atoms with van der Waals surface area (Å²) in [5, 5.41) is 6.41. The molecule has 0 unspecified atom stereocenters. The normalized spacial score (nSPS) is 9.75. The van der Waals surface area contributed by atoms with Crippen LogP contribution in [0.1, 0.15) is 5.89 Å². The van der Waals surface area contributed by atoms with E-state index in [1.807, 2.05) is 0 Å². The highest BCUT2D eigenvalue weighted by molar-refractivity contribution is 9.09. The van der Waals surface area contributed by atoms with Crippen molar-refractivity contribution in [1.82, 2.24) is 15.5 Å². The first-order valence-corrected chi connectivity index (χ1v) is 4.53. The van der Waals surface area contributed by atoms with Crippen molar-refractivity contribution >= 4 is 21.8 Å². The Labute approximate surface area is 77.7 Å². The summed E-state index contributed by atoms with van der Waals surface area (Å²) in [7, 11) is 0. The number of aromatic nitrogens is 2. The van der Waals surface area contributed by atoms with Crippen molar-refractivity contribution in [1.29, 1.82) is 0 Å². The maximum Gasteiger partial charge on any atom is 0.230 e. The van der Waals surface area contributed by atoms with Crippen LogP contribution in [0.3, 0.4) is 0 Å². The van der Waals surface area contributed by atoms with Crippen LogP contribution in [-0.4, -0.2) is 27.9 Å². The van der Waals surface area contributed by atoms with Crippen LogP contribution < -0.4 is 5.32 Å². The summed E-state index contributed by atoms with van der Waals surface area (Å²) in [5.74, 6) is 0.486. The Bertz CT molecular complexity index is 237. The van der Waals surface area contributed by atoms with E-state index in [9.17, 15) is 4.79 Å². The number of alkyl halides is 1. The number of hydrogen-bond acceptors (Lipinski definition) is 4. The predicted molar refractivity (Wildman–Crippen MR) is 44.8 cm³/mol. The van der Waals surface area contributed by atoms with Crippen molar-refractivity contribution in [3.05, 3.63) is 12.2 Å².